The Balaban J connectivity index is 1.20. The Hall–Kier alpha value is -2.89. The fraction of sp³-hybridized carbons (Fsp3) is 0.350. The van der Waals surface area contributed by atoms with Gasteiger partial charge in [-0.3, -0.25) is 4.79 Å². The molecule has 2 aromatic rings. The lowest BCUT2D eigenvalue weighted by Crippen LogP contribution is -2.41. The van der Waals surface area contributed by atoms with Crippen molar-refractivity contribution in [1.82, 2.24) is 5.32 Å². The van der Waals surface area contributed by atoms with E-state index in [-0.39, 0.29) is 18.1 Å². The summed E-state index contributed by atoms with van der Waals surface area (Å²) in [5.74, 6) is 2.91. The minimum atomic E-state index is -0.185. The molecule has 4 rings (SSSR count). The smallest absolute Gasteiger partial charge is 0.220 e. The van der Waals surface area contributed by atoms with Crippen molar-refractivity contribution in [2.45, 2.75) is 25.0 Å². The van der Waals surface area contributed by atoms with Gasteiger partial charge in [-0.1, -0.05) is 24.3 Å². The molecule has 2 heterocycles. The molecule has 0 aliphatic carbocycles. The number of carbonyl (C=O) groups is 1. The van der Waals surface area contributed by atoms with Crippen LogP contribution in [0.2, 0.25) is 0 Å². The van der Waals surface area contributed by atoms with E-state index in [9.17, 15) is 4.79 Å². The number of benzene rings is 2. The standard InChI is InChI=1S/C20H21NO5/c22-20(10-9-14-12-23-16-5-1-3-7-18(16)25-14)21-11-15-13-24-17-6-2-4-8-19(17)26-15/h1-8,14-15H,9-13H2,(H,21,22)/t14-,15-/m1/s1. The number of amides is 1. The lowest BCUT2D eigenvalue weighted by molar-refractivity contribution is -0.122. The summed E-state index contributed by atoms with van der Waals surface area (Å²) in [7, 11) is 0. The molecule has 1 N–H and O–H groups in total. The number of fused-ring (bicyclic) bond motifs is 2. The van der Waals surface area contributed by atoms with Gasteiger partial charge in [-0.05, 0) is 30.7 Å². The van der Waals surface area contributed by atoms with Gasteiger partial charge in [-0.15, -0.1) is 0 Å². The maximum atomic E-state index is 12.1. The van der Waals surface area contributed by atoms with E-state index >= 15 is 0 Å². The molecular weight excluding hydrogens is 334 g/mol. The van der Waals surface area contributed by atoms with Crippen LogP contribution in [0, 0.1) is 0 Å². The first kappa shape index (κ1) is 16.6. The van der Waals surface area contributed by atoms with E-state index in [2.05, 4.69) is 5.32 Å². The Morgan fingerprint density at radius 1 is 0.846 bits per heavy atom. The van der Waals surface area contributed by atoms with Crippen molar-refractivity contribution in [2.24, 2.45) is 0 Å². The zero-order valence-electron chi connectivity index (χ0n) is 14.4. The summed E-state index contributed by atoms with van der Waals surface area (Å²) in [6.45, 7) is 1.30. The van der Waals surface area contributed by atoms with Crippen LogP contribution in [-0.4, -0.2) is 37.9 Å². The van der Waals surface area contributed by atoms with E-state index in [0.717, 1.165) is 17.2 Å². The highest BCUT2D eigenvalue weighted by atomic mass is 16.6. The average molecular weight is 355 g/mol. The van der Waals surface area contributed by atoms with Gasteiger partial charge >= 0.3 is 0 Å². The van der Waals surface area contributed by atoms with E-state index in [0.29, 0.717) is 38.3 Å². The van der Waals surface area contributed by atoms with Crippen LogP contribution in [-0.2, 0) is 4.79 Å². The molecule has 2 atom stereocenters. The zero-order chi connectivity index (χ0) is 17.8. The van der Waals surface area contributed by atoms with Crippen molar-refractivity contribution < 1.29 is 23.7 Å². The van der Waals surface area contributed by atoms with Gasteiger partial charge < -0.3 is 24.3 Å². The van der Waals surface area contributed by atoms with Crippen molar-refractivity contribution in [1.29, 1.82) is 0 Å². The molecule has 0 radical (unpaired) electrons. The molecule has 0 spiro atoms. The zero-order valence-corrected chi connectivity index (χ0v) is 14.4. The second kappa shape index (κ2) is 7.56. The highest BCUT2D eigenvalue weighted by molar-refractivity contribution is 5.75. The van der Waals surface area contributed by atoms with Crippen molar-refractivity contribution in [2.75, 3.05) is 19.8 Å². The quantitative estimate of drug-likeness (QED) is 0.893. The summed E-state index contributed by atoms with van der Waals surface area (Å²) in [5.41, 5.74) is 0. The van der Waals surface area contributed by atoms with Crippen molar-refractivity contribution in [3.8, 4) is 23.0 Å². The molecule has 0 fully saturated rings. The topological polar surface area (TPSA) is 66.0 Å². The first-order chi connectivity index (χ1) is 12.8. The van der Waals surface area contributed by atoms with Gasteiger partial charge in [0.05, 0.1) is 6.54 Å². The summed E-state index contributed by atoms with van der Waals surface area (Å²) < 4.78 is 23.0. The van der Waals surface area contributed by atoms with Crippen LogP contribution in [0.1, 0.15) is 12.8 Å². The number of para-hydroxylation sites is 4. The Morgan fingerprint density at radius 2 is 1.38 bits per heavy atom. The molecule has 0 saturated carbocycles. The minimum absolute atomic E-state index is 0.0325. The number of hydrogen-bond donors (Lipinski definition) is 1. The fourth-order valence-electron chi connectivity index (χ4n) is 2.98. The van der Waals surface area contributed by atoms with Crippen LogP contribution >= 0.6 is 0 Å². The molecule has 0 saturated heterocycles. The van der Waals surface area contributed by atoms with Gasteiger partial charge in [0.2, 0.25) is 5.91 Å². The Bertz CT molecular complexity index is 715. The average Bonchev–Trinajstić information content (AvgIpc) is 2.70. The van der Waals surface area contributed by atoms with Gasteiger partial charge in [-0.25, -0.2) is 0 Å². The Labute approximate surface area is 152 Å². The van der Waals surface area contributed by atoms with Crippen molar-refractivity contribution in [3.05, 3.63) is 48.5 Å². The van der Waals surface area contributed by atoms with Crippen LogP contribution in [0.4, 0.5) is 0 Å². The van der Waals surface area contributed by atoms with Crippen LogP contribution in [0.15, 0.2) is 48.5 Å². The molecule has 1 amide bonds. The lowest BCUT2D eigenvalue weighted by Gasteiger charge is -2.27. The summed E-state index contributed by atoms with van der Waals surface area (Å²) in [4.78, 5) is 12.1. The van der Waals surface area contributed by atoms with Crippen LogP contribution in [0.5, 0.6) is 23.0 Å². The number of ether oxygens (including phenoxy) is 4. The number of carbonyl (C=O) groups excluding carboxylic acids is 1. The highest BCUT2D eigenvalue weighted by Crippen LogP contribution is 2.32. The molecule has 0 bridgehead atoms. The molecule has 26 heavy (non-hydrogen) atoms. The lowest BCUT2D eigenvalue weighted by atomic mass is 10.1. The third-order valence-electron chi connectivity index (χ3n) is 4.36. The van der Waals surface area contributed by atoms with Gasteiger partial charge in [0.15, 0.2) is 23.0 Å². The summed E-state index contributed by atoms with van der Waals surface area (Å²) in [6.07, 6.45) is 0.678. The first-order valence-corrected chi connectivity index (χ1v) is 8.81. The monoisotopic (exact) mass is 355 g/mol. The van der Waals surface area contributed by atoms with Crippen molar-refractivity contribution in [3.63, 3.8) is 0 Å². The fourth-order valence-corrected chi connectivity index (χ4v) is 2.98. The molecular formula is C20H21NO5. The number of nitrogens with one attached hydrogen (secondary N) is 1. The molecule has 6 heteroatoms. The van der Waals surface area contributed by atoms with Crippen LogP contribution in [0.25, 0.3) is 0 Å². The SMILES string of the molecule is O=C(CC[C@@H]1COc2ccccc2O1)NC[C@@H]1COc2ccccc2O1. The Kier molecular flexibility index (Phi) is 4.82. The molecule has 0 unspecified atom stereocenters. The van der Waals surface area contributed by atoms with Crippen LogP contribution in [0.3, 0.4) is 0 Å². The summed E-state index contributed by atoms with van der Waals surface area (Å²) in [5, 5.41) is 2.90. The minimum Gasteiger partial charge on any atom is -0.486 e. The van der Waals surface area contributed by atoms with Crippen molar-refractivity contribution >= 4 is 5.91 Å². The highest BCUT2D eigenvalue weighted by Gasteiger charge is 2.23. The molecule has 136 valence electrons. The van der Waals surface area contributed by atoms with E-state index in [1.54, 1.807) is 0 Å². The predicted molar refractivity (Wildman–Crippen MR) is 94.9 cm³/mol. The van der Waals surface area contributed by atoms with Crippen LogP contribution < -0.4 is 24.3 Å². The van der Waals surface area contributed by atoms with E-state index < -0.39 is 0 Å². The molecule has 0 aromatic heterocycles. The molecule has 2 aliphatic heterocycles. The van der Waals surface area contributed by atoms with Gasteiger partial charge in [0.1, 0.15) is 25.4 Å². The maximum absolute atomic E-state index is 12.1. The second-order valence-corrected chi connectivity index (χ2v) is 6.34. The summed E-state index contributed by atoms with van der Waals surface area (Å²) >= 11 is 0. The third-order valence-corrected chi connectivity index (χ3v) is 4.36. The van der Waals surface area contributed by atoms with Gasteiger partial charge in [0, 0.05) is 6.42 Å². The number of hydrogen-bond acceptors (Lipinski definition) is 5. The first-order valence-electron chi connectivity index (χ1n) is 8.81. The third kappa shape index (κ3) is 3.85. The summed E-state index contributed by atoms with van der Waals surface area (Å²) in [6, 6.07) is 15.1. The van der Waals surface area contributed by atoms with Gasteiger partial charge in [0.25, 0.3) is 0 Å². The largest absolute Gasteiger partial charge is 0.486 e. The van der Waals surface area contributed by atoms with E-state index in [1.165, 1.54) is 0 Å². The molecule has 6 nitrogen and oxygen atoms in total. The Morgan fingerprint density at radius 3 is 2.04 bits per heavy atom. The van der Waals surface area contributed by atoms with E-state index in [4.69, 9.17) is 18.9 Å². The molecule has 2 aromatic carbocycles. The molecule has 2 aliphatic rings. The number of rotatable bonds is 5. The van der Waals surface area contributed by atoms with Gasteiger partial charge in [-0.2, -0.15) is 0 Å². The predicted octanol–water partition coefficient (Wildman–Crippen LogP) is 2.56. The van der Waals surface area contributed by atoms with E-state index in [1.807, 2.05) is 48.5 Å². The maximum Gasteiger partial charge on any atom is 0.220 e. The second-order valence-electron chi connectivity index (χ2n) is 6.34. The normalized spacial score (nSPS) is 20.3.